The molecular formula is C18H13ClO. The summed E-state index contributed by atoms with van der Waals surface area (Å²) in [6.07, 6.45) is 1.77. The van der Waals surface area contributed by atoms with Gasteiger partial charge < -0.3 is 0 Å². The Hall–Kier alpha value is -2.30. The van der Waals surface area contributed by atoms with Crippen LogP contribution < -0.4 is 0 Å². The molecule has 2 aromatic rings. The number of carbonyl (C=O) groups is 1. The summed E-state index contributed by atoms with van der Waals surface area (Å²) in [6.45, 7) is 1.52. The molecule has 0 saturated carbocycles. The van der Waals surface area contributed by atoms with Crippen LogP contribution >= 0.6 is 11.6 Å². The van der Waals surface area contributed by atoms with E-state index in [9.17, 15) is 4.79 Å². The van der Waals surface area contributed by atoms with Crippen molar-refractivity contribution in [1.82, 2.24) is 0 Å². The predicted octanol–water partition coefficient (Wildman–Crippen LogP) is 4.36. The zero-order chi connectivity index (χ0) is 14.4. The molecule has 1 nitrogen and oxygen atoms in total. The van der Waals surface area contributed by atoms with Crippen LogP contribution in [0.15, 0.2) is 60.2 Å². The molecule has 0 heterocycles. The molecule has 0 fully saturated rings. The SMILES string of the molecule is CC(=O)C(C#Cc1ccccc1)=Cc1ccc(Cl)cc1. The van der Waals surface area contributed by atoms with E-state index in [0.717, 1.165) is 11.1 Å². The van der Waals surface area contributed by atoms with Crippen molar-refractivity contribution in [3.05, 3.63) is 76.3 Å². The number of halogens is 1. The zero-order valence-electron chi connectivity index (χ0n) is 11.1. The van der Waals surface area contributed by atoms with E-state index in [4.69, 9.17) is 11.6 Å². The summed E-state index contributed by atoms with van der Waals surface area (Å²) in [5.41, 5.74) is 2.27. The fraction of sp³-hybridized carbons (Fsp3) is 0.0556. The lowest BCUT2D eigenvalue weighted by Gasteiger charge is -1.96. The van der Waals surface area contributed by atoms with E-state index in [1.165, 1.54) is 6.92 Å². The van der Waals surface area contributed by atoms with Crippen LogP contribution in [-0.4, -0.2) is 5.78 Å². The minimum Gasteiger partial charge on any atom is -0.294 e. The first-order valence-electron chi connectivity index (χ1n) is 6.20. The third kappa shape index (κ3) is 4.12. The fourth-order valence-electron chi connectivity index (χ4n) is 1.61. The van der Waals surface area contributed by atoms with Gasteiger partial charge in [0, 0.05) is 10.6 Å². The molecule has 0 unspecified atom stereocenters. The highest BCUT2D eigenvalue weighted by atomic mass is 35.5. The smallest absolute Gasteiger partial charge is 0.168 e. The van der Waals surface area contributed by atoms with E-state index in [-0.39, 0.29) is 5.78 Å². The summed E-state index contributed by atoms with van der Waals surface area (Å²) < 4.78 is 0. The van der Waals surface area contributed by atoms with Gasteiger partial charge >= 0.3 is 0 Å². The number of benzene rings is 2. The molecule has 2 rings (SSSR count). The Bertz CT molecular complexity index is 686. The summed E-state index contributed by atoms with van der Waals surface area (Å²) in [5.74, 6) is 5.87. The van der Waals surface area contributed by atoms with E-state index >= 15 is 0 Å². The van der Waals surface area contributed by atoms with E-state index in [1.54, 1.807) is 18.2 Å². The molecule has 98 valence electrons. The van der Waals surface area contributed by atoms with Crippen molar-refractivity contribution in [3.63, 3.8) is 0 Å². The molecular weight excluding hydrogens is 268 g/mol. The molecule has 20 heavy (non-hydrogen) atoms. The Labute approximate surface area is 123 Å². The molecule has 0 aliphatic rings. The minimum absolute atomic E-state index is 0.0524. The molecule has 2 heteroatoms. The van der Waals surface area contributed by atoms with Crippen LogP contribution in [0.5, 0.6) is 0 Å². The Morgan fingerprint density at radius 3 is 2.30 bits per heavy atom. The van der Waals surface area contributed by atoms with Crippen molar-refractivity contribution >= 4 is 23.5 Å². The maximum atomic E-state index is 11.6. The van der Waals surface area contributed by atoms with Gasteiger partial charge in [0.05, 0.1) is 5.57 Å². The summed E-state index contributed by atoms with van der Waals surface area (Å²) in [7, 11) is 0. The lowest BCUT2D eigenvalue weighted by Crippen LogP contribution is -1.93. The van der Waals surface area contributed by atoms with Gasteiger partial charge in [-0.25, -0.2) is 0 Å². The Morgan fingerprint density at radius 2 is 1.70 bits per heavy atom. The average Bonchev–Trinajstić information content (AvgIpc) is 2.46. The summed E-state index contributed by atoms with van der Waals surface area (Å²) in [5, 5.41) is 0.668. The van der Waals surface area contributed by atoms with E-state index in [1.807, 2.05) is 42.5 Å². The van der Waals surface area contributed by atoms with Crippen LogP contribution in [0.25, 0.3) is 6.08 Å². The van der Waals surface area contributed by atoms with Gasteiger partial charge in [-0.1, -0.05) is 53.8 Å². The Morgan fingerprint density at radius 1 is 1.05 bits per heavy atom. The van der Waals surface area contributed by atoms with Gasteiger partial charge in [0.25, 0.3) is 0 Å². The van der Waals surface area contributed by atoms with Gasteiger partial charge in [0.1, 0.15) is 0 Å². The largest absolute Gasteiger partial charge is 0.294 e. The number of rotatable bonds is 2. The van der Waals surface area contributed by atoms with Gasteiger partial charge in [-0.3, -0.25) is 4.79 Å². The number of Topliss-reactive ketones (excluding diaryl/α,β-unsaturated/α-hetero) is 1. The topological polar surface area (TPSA) is 17.1 Å². The molecule has 0 aliphatic carbocycles. The Balaban J connectivity index is 2.31. The molecule has 0 atom stereocenters. The Kier molecular flexibility index (Phi) is 4.76. The maximum absolute atomic E-state index is 11.6. The van der Waals surface area contributed by atoms with Crippen LogP contribution in [0.4, 0.5) is 0 Å². The monoisotopic (exact) mass is 280 g/mol. The lowest BCUT2D eigenvalue weighted by atomic mass is 10.1. The van der Waals surface area contributed by atoms with Gasteiger partial charge in [-0.05, 0) is 42.8 Å². The molecule has 0 radical (unpaired) electrons. The molecule has 2 aromatic carbocycles. The van der Waals surface area contributed by atoms with Gasteiger partial charge in [0.2, 0.25) is 0 Å². The van der Waals surface area contributed by atoms with Crippen molar-refractivity contribution in [3.8, 4) is 11.8 Å². The fourth-order valence-corrected chi connectivity index (χ4v) is 1.74. The summed E-state index contributed by atoms with van der Waals surface area (Å²) in [6, 6.07) is 16.9. The van der Waals surface area contributed by atoms with Crippen LogP contribution in [0.2, 0.25) is 5.02 Å². The van der Waals surface area contributed by atoms with Gasteiger partial charge in [-0.15, -0.1) is 0 Å². The van der Waals surface area contributed by atoms with Crippen molar-refractivity contribution in [2.24, 2.45) is 0 Å². The minimum atomic E-state index is -0.0524. The number of hydrogen-bond acceptors (Lipinski definition) is 1. The molecule has 0 aliphatic heterocycles. The third-order valence-electron chi connectivity index (χ3n) is 2.68. The second-order valence-corrected chi connectivity index (χ2v) is 4.72. The molecule has 0 aromatic heterocycles. The van der Waals surface area contributed by atoms with Gasteiger partial charge in [-0.2, -0.15) is 0 Å². The van der Waals surface area contributed by atoms with E-state index < -0.39 is 0 Å². The first-order valence-corrected chi connectivity index (χ1v) is 6.58. The van der Waals surface area contributed by atoms with Crippen molar-refractivity contribution < 1.29 is 4.79 Å². The highest BCUT2D eigenvalue weighted by Gasteiger charge is 2.00. The quantitative estimate of drug-likeness (QED) is 0.590. The summed E-state index contributed by atoms with van der Waals surface area (Å²) in [4.78, 5) is 11.6. The summed E-state index contributed by atoms with van der Waals surface area (Å²) >= 11 is 5.84. The first kappa shape index (κ1) is 14.1. The lowest BCUT2D eigenvalue weighted by molar-refractivity contribution is -0.113. The standard InChI is InChI=1S/C18H13ClO/c1-14(20)17(10-7-15-5-3-2-4-6-15)13-16-8-11-18(19)12-9-16/h2-6,8-9,11-13H,1H3. The van der Waals surface area contributed by atoms with Crippen LogP contribution in [0.3, 0.4) is 0 Å². The zero-order valence-corrected chi connectivity index (χ0v) is 11.8. The van der Waals surface area contributed by atoms with E-state index in [2.05, 4.69) is 11.8 Å². The van der Waals surface area contributed by atoms with Gasteiger partial charge in [0.15, 0.2) is 5.78 Å². The van der Waals surface area contributed by atoms with Crippen molar-refractivity contribution in [1.29, 1.82) is 0 Å². The highest BCUT2D eigenvalue weighted by Crippen LogP contribution is 2.13. The molecule has 0 spiro atoms. The number of hydrogen-bond donors (Lipinski definition) is 0. The van der Waals surface area contributed by atoms with Crippen LogP contribution in [0.1, 0.15) is 18.1 Å². The van der Waals surface area contributed by atoms with Crippen LogP contribution in [0, 0.1) is 11.8 Å². The second kappa shape index (κ2) is 6.75. The van der Waals surface area contributed by atoms with Crippen LogP contribution in [-0.2, 0) is 4.79 Å². The number of ketones is 1. The highest BCUT2D eigenvalue weighted by molar-refractivity contribution is 6.30. The molecule has 0 bridgehead atoms. The molecule has 0 amide bonds. The number of allylic oxidation sites excluding steroid dienone is 1. The first-order chi connectivity index (χ1) is 9.65. The average molecular weight is 281 g/mol. The maximum Gasteiger partial charge on any atom is 0.168 e. The molecule has 0 N–H and O–H groups in total. The number of carbonyl (C=O) groups excluding carboxylic acids is 1. The normalized spacial score (nSPS) is 10.6. The second-order valence-electron chi connectivity index (χ2n) is 4.28. The van der Waals surface area contributed by atoms with E-state index in [0.29, 0.717) is 10.6 Å². The van der Waals surface area contributed by atoms with Crippen molar-refractivity contribution in [2.45, 2.75) is 6.92 Å². The third-order valence-corrected chi connectivity index (χ3v) is 2.93. The van der Waals surface area contributed by atoms with Crippen molar-refractivity contribution in [2.75, 3.05) is 0 Å². The predicted molar refractivity (Wildman–Crippen MR) is 83.4 cm³/mol. The molecule has 0 saturated heterocycles.